The first-order valence-electron chi connectivity index (χ1n) is 7.52. The molecule has 0 spiro atoms. The molecule has 1 amide bonds. The van der Waals surface area contributed by atoms with Crippen LogP contribution < -0.4 is 10.6 Å². The van der Waals surface area contributed by atoms with Gasteiger partial charge in [-0.05, 0) is 43.5 Å². The Morgan fingerprint density at radius 3 is 2.91 bits per heavy atom. The number of aromatic nitrogens is 2. The van der Waals surface area contributed by atoms with Crippen LogP contribution in [0.15, 0.2) is 30.6 Å². The molecule has 0 saturated carbocycles. The summed E-state index contributed by atoms with van der Waals surface area (Å²) in [5.41, 5.74) is 0.993. The Labute approximate surface area is 134 Å². The Bertz CT molecular complexity index is 635. The topological polar surface area (TPSA) is 66.9 Å². The summed E-state index contributed by atoms with van der Waals surface area (Å²) >= 11 is 1.38. The minimum Gasteiger partial charge on any atom is -0.351 e. The molecule has 0 atom stereocenters. The van der Waals surface area contributed by atoms with E-state index in [2.05, 4.69) is 27.5 Å². The van der Waals surface area contributed by atoms with Crippen LogP contribution in [-0.2, 0) is 0 Å². The Hall–Kier alpha value is -1.79. The molecule has 0 unspecified atom stereocenters. The van der Waals surface area contributed by atoms with E-state index in [9.17, 15) is 4.79 Å². The highest BCUT2D eigenvalue weighted by molar-refractivity contribution is 7.16. The second-order valence-electron chi connectivity index (χ2n) is 5.99. The lowest BCUT2D eigenvalue weighted by Crippen LogP contribution is -2.42. The van der Waals surface area contributed by atoms with Crippen LogP contribution in [0.2, 0.25) is 0 Å². The fourth-order valence-electron chi connectivity index (χ4n) is 2.57. The number of hydrogen-bond acceptors (Lipinski definition) is 5. The van der Waals surface area contributed by atoms with E-state index in [0.717, 1.165) is 36.6 Å². The van der Waals surface area contributed by atoms with Crippen LogP contribution in [-0.4, -0.2) is 35.5 Å². The van der Waals surface area contributed by atoms with Crippen molar-refractivity contribution in [2.75, 3.05) is 19.6 Å². The monoisotopic (exact) mass is 316 g/mol. The van der Waals surface area contributed by atoms with Gasteiger partial charge in [-0.25, -0.2) is 4.98 Å². The van der Waals surface area contributed by atoms with Gasteiger partial charge in [-0.3, -0.25) is 9.78 Å². The quantitative estimate of drug-likeness (QED) is 0.908. The van der Waals surface area contributed by atoms with E-state index in [0.29, 0.717) is 11.4 Å². The predicted molar refractivity (Wildman–Crippen MR) is 87.9 cm³/mol. The maximum atomic E-state index is 12.3. The van der Waals surface area contributed by atoms with E-state index >= 15 is 0 Å². The molecule has 0 aliphatic carbocycles. The summed E-state index contributed by atoms with van der Waals surface area (Å²) in [4.78, 5) is 21.5. The van der Waals surface area contributed by atoms with Crippen molar-refractivity contribution in [2.24, 2.45) is 5.41 Å². The van der Waals surface area contributed by atoms with Gasteiger partial charge in [0, 0.05) is 12.7 Å². The Kier molecular flexibility index (Phi) is 4.49. The van der Waals surface area contributed by atoms with Gasteiger partial charge in [-0.15, -0.1) is 11.3 Å². The van der Waals surface area contributed by atoms with E-state index in [1.165, 1.54) is 11.3 Å². The number of carbonyl (C=O) groups excluding carboxylic acids is 1. The molecule has 1 saturated heterocycles. The first-order valence-corrected chi connectivity index (χ1v) is 8.34. The third kappa shape index (κ3) is 3.51. The zero-order valence-corrected chi connectivity index (χ0v) is 13.4. The van der Waals surface area contributed by atoms with Crippen molar-refractivity contribution in [1.29, 1.82) is 0 Å². The smallest absolute Gasteiger partial charge is 0.263 e. The molecule has 3 rings (SSSR count). The first-order chi connectivity index (χ1) is 10.7. The number of pyridine rings is 1. The highest BCUT2D eigenvalue weighted by Crippen LogP contribution is 2.27. The SMILES string of the molecule is CC1(CNC(=O)c2cnc(-c3ccccn3)s2)CCNCC1. The number of thiazole rings is 1. The molecule has 2 N–H and O–H groups in total. The average molecular weight is 316 g/mol. The summed E-state index contributed by atoms with van der Waals surface area (Å²) in [5.74, 6) is -0.0422. The highest BCUT2D eigenvalue weighted by atomic mass is 32.1. The van der Waals surface area contributed by atoms with Crippen molar-refractivity contribution in [1.82, 2.24) is 20.6 Å². The average Bonchev–Trinajstić information content (AvgIpc) is 3.04. The Morgan fingerprint density at radius 2 is 2.18 bits per heavy atom. The van der Waals surface area contributed by atoms with Gasteiger partial charge in [0.25, 0.3) is 5.91 Å². The molecule has 1 fully saturated rings. The number of piperidine rings is 1. The number of nitrogens with zero attached hydrogens (tertiary/aromatic N) is 2. The molecule has 22 heavy (non-hydrogen) atoms. The van der Waals surface area contributed by atoms with Crippen LogP contribution in [0.4, 0.5) is 0 Å². The molecular formula is C16H20N4OS. The summed E-state index contributed by atoms with van der Waals surface area (Å²) in [6, 6.07) is 5.68. The number of rotatable bonds is 4. The Balaban J connectivity index is 1.62. The van der Waals surface area contributed by atoms with E-state index in [1.54, 1.807) is 12.4 Å². The molecule has 5 nitrogen and oxygen atoms in total. The third-order valence-corrected chi connectivity index (χ3v) is 5.12. The second kappa shape index (κ2) is 6.54. The van der Waals surface area contributed by atoms with E-state index < -0.39 is 0 Å². The van der Waals surface area contributed by atoms with E-state index in [4.69, 9.17) is 0 Å². The molecule has 1 aliphatic rings. The van der Waals surface area contributed by atoms with Gasteiger partial charge in [0.1, 0.15) is 9.88 Å². The van der Waals surface area contributed by atoms with Gasteiger partial charge in [0.15, 0.2) is 0 Å². The maximum Gasteiger partial charge on any atom is 0.263 e. The highest BCUT2D eigenvalue weighted by Gasteiger charge is 2.27. The zero-order valence-electron chi connectivity index (χ0n) is 12.6. The maximum absolute atomic E-state index is 12.3. The fourth-order valence-corrected chi connectivity index (χ4v) is 3.38. The third-order valence-electron chi connectivity index (χ3n) is 4.10. The number of amides is 1. The molecule has 2 aromatic heterocycles. The van der Waals surface area contributed by atoms with Gasteiger partial charge >= 0.3 is 0 Å². The largest absolute Gasteiger partial charge is 0.351 e. The molecule has 2 aromatic rings. The number of nitrogens with one attached hydrogen (secondary N) is 2. The Morgan fingerprint density at radius 1 is 1.36 bits per heavy atom. The van der Waals surface area contributed by atoms with Crippen LogP contribution in [0.25, 0.3) is 10.7 Å². The summed E-state index contributed by atoms with van der Waals surface area (Å²) in [6.45, 7) is 5.00. The van der Waals surface area contributed by atoms with Crippen molar-refractivity contribution in [3.8, 4) is 10.7 Å². The van der Waals surface area contributed by atoms with Crippen LogP contribution in [0, 0.1) is 5.41 Å². The normalized spacial score (nSPS) is 17.1. The standard InChI is InChI=1S/C16H20N4OS/c1-16(5-8-17-9-6-16)11-20-14(21)13-10-19-15(22-13)12-4-2-3-7-18-12/h2-4,7,10,17H,5-6,8-9,11H2,1H3,(H,20,21). The molecule has 6 heteroatoms. The number of hydrogen-bond donors (Lipinski definition) is 2. The lowest BCUT2D eigenvalue weighted by Gasteiger charge is -2.34. The molecular weight excluding hydrogens is 296 g/mol. The van der Waals surface area contributed by atoms with Crippen molar-refractivity contribution in [2.45, 2.75) is 19.8 Å². The van der Waals surface area contributed by atoms with E-state index in [-0.39, 0.29) is 11.3 Å². The van der Waals surface area contributed by atoms with Gasteiger partial charge in [0.2, 0.25) is 0 Å². The molecule has 0 aromatic carbocycles. The summed E-state index contributed by atoms with van der Waals surface area (Å²) in [6.07, 6.45) is 5.55. The predicted octanol–water partition coefficient (Wildman–Crippen LogP) is 2.32. The van der Waals surface area contributed by atoms with Crippen LogP contribution >= 0.6 is 11.3 Å². The molecule has 3 heterocycles. The molecule has 1 aliphatic heterocycles. The second-order valence-corrected chi connectivity index (χ2v) is 7.02. The summed E-state index contributed by atoms with van der Waals surface area (Å²) in [7, 11) is 0. The van der Waals surface area contributed by atoms with Crippen LogP contribution in [0.3, 0.4) is 0 Å². The van der Waals surface area contributed by atoms with Crippen molar-refractivity contribution < 1.29 is 4.79 Å². The van der Waals surface area contributed by atoms with Gasteiger partial charge in [-0.1, -0.05) is 13.0 Å². The summed E-state index contributed by atoms with van der Waals surface area (Å²) in [5, 5.41) is 7.19. The molecule has 0 bridgehead atoms. The van der Waals surface area contributed by atoms with Crippen LogP contribution in [0.1, 0.15) is 29.4 Å². The number of carbonyl (C=O) groups is 1. The summed E-state index contributed by atoms with van der Waals surface area (Å²) < 4.78 is 0. The fraction of sp³-hybridized carbons (Fsp3) is 0.438. The van der Waals surface area contributed by atoms with Crippen molar-refractivity contribution in [3.63, 3.8) is 0 Å². The van der Waals surface area contributed by atoms with Gasteiger partial charge in [0.05, 0.1) is 11.9 Å². The minimum atomic E-state index is -0.0422. The van der Waals surface area contributed by atoms with Crippen molar-refractivity contribution in [3.05, 3.63) is 35.5 Å². The zero-order chi connectivity index (χ0) is 15.4. The van der Waals surface area contributed by atoms with Crippen molar-refractivity contribution >= 4 is 17.2 Å². The minimum absolute atomic E-state index is 0.0422. The van der Waals surface area contributed by atoms with E-state index in [1.807, 2.05) is 18.2 Å². The lowest BCUT2D eigenvalue weighted by atomic mass is 9.81. The first kappa shape index (κ1) is 15.1. The van der Waals surface area contributed by atoms with Gasteiger partial charge < -0.3 is 10.6 Å². The van der Waals surface area contributed by atoms with Gasteiger partial charge in [-0.2, -0.15) is 0 Å². The molecule has 116 valence electrons. The van der Waals surface area contributed by atoms with Crippen LogP contribution in [0.5, 0.6) is 0 Å². The molecule has 0 radical (unpaired) electrons. The lowest BCUT2D eigenvalue weighted by molar-refractivity contribution is 0.0926.